The fourth-order valence-corrected chi connectivity index (χ4v) is 1.85. The van der Waals surface area contributed by atoms with Crippen LogP contribution < -0.4 is 14.8 Å². The largest absolute Gasteiger partial charge is 0.497 e. The highest BCUT2D eigenvalue weighted by Crippen LogP contribution is 2.24. The number of ether oxygens (including phenoxy) is 2. The minimum Gasteiger partial charge on any atom is -0.497 e. The van der Waals surface area contributed by atoms with Crippen LogP contribution in [0.2, 0.25) is 0 Å². The van der Waals surface area contributed by atoms with Crippen LogP contribution in [0, 0.1) is 11.3 Å². The number of hydrogen-bond donors (Lipinski definition) is 1. The Morgan fingerprint density at radius 2 is 2.15 bits per heavy atom. The van der Waals surface area contributed by atoms with Crippen molar-refractivity contribution < 1.29 is 9.47 Å². The first kappa shape index (κ1) is 16.3. The van der Waals surface area contributed by atoms with Crippen molar-refractivity contribution in [3.63, 3.8) is 0 Å². The van der Waals surface area contributed by atoms with Gasteiger partial charge < -0.3 is 14.8 Å². The normalized spacial score (nSPS) is 10.1. The van der Waals surface area contributed by atoms with Crippen molar-refractivity contribution in [3.05, 3.63) is 23.8 Å². The summed E-state index contributed by atoms with van der Waals surface area (Å²) in [6, 6.07) is 8.01. The van der Waals surface area contributed by atoms with Gasteiger partial charge in [-0.1, -0.05) is 6.92 Å². The molecule has 0 aliphatic heterocycles. The maximum Gasteiger partial charge on any atom is 0.124 e. The van der Waals surface area contributed by atoms with Crippen LogP contribution in [0.5, 0.6) is 11.5 Å². The molecule has 0 bridgehead atoms. The van der Waals surface area contributed by atoms with Crippen LogP contribution in [-0.4, -0.2) is 20.3 Å². The first-order valence-electron chi connectivity index (χ1n) is 7.19. The summed E-state index contributed by atoms with van der Waals surface area (Å²) in [5, 5.41) is 11.9. The lowest BCUT2D eigenvalue weighted by Gasteiger charge is -2.13. The highest BCUT2D eigenvalue weighted by atomic mass is 16.5. The second-order valence-electron chi connectivity index (χ2n) is 4.61. The Kier molecular flexibility index (Phi) is 8.25. The van der Waals surface area contributed by atoms with E-state index in [4.69, 9.17) is 14.7 Å². The van der Waals surface area contributed by atoms with Crippen LogP contribution in [0.15, 0.2) is 18.2 Å². The average Bonchev–Trinajstić information content (AvgIpc) is 2.48. The molecular formula is C16H24N2O2. The highest BCUT2D eigenvalue weighted by Gasteiger charge is 2.05. The third kappa shape index (κ3) is 5.94. The summed E-state index contributed by atoms with van der Waals surface area (Å²) >= 11 is 0. The van der Waals surface area contributed by atoms with Gasteiger partial charge in [-0.15, -0.1) is 0 Å². The molecule has 0 aliphatic carbocycles. The van der Waals surface area contributed by atoms with Gasteiger partial charge >= 0.3 is 0 Å². The van der Waals surface area contributed by atoms with Crippen molar-refractivity contribution in [1.29, 1.82) is 5.26 Å². The van der Waals surface area contributed by atoms with E-state index in [0.29, 0.717) is 13.0 Å². The van der Waals surface area contributed by atoms with Crippen LogP contribution in [0.4, 0.5) is 0 Å². The molecule has 0 radical (unpaired) electrons. The van der Waals surface area contributed by atoms with Gasteiger partial charge in [0.1, 0.15) is 11.5 Å². The van der Waals surface area contributed by atoms with E-state index in [0.717, 1.165) is 49.4 Å². The van der Waals surface area contributed by atoms with E-state index in [-0.39, 0.29) is 0 Å². The molecule has 0 aliphatic rings. The molecule has 4 heteroatoms. The van der Waals surface area contributed by atoms with Gasteiger partial charge in [-0.05, 0) is 44.0 Å². The number of nitrogens with zero attached hydrogens (tertiary/aromatic N) is 1. The van der Waals surface area contributed by atoms with Gasteiger partial charge in [-0.2, -0.15) is 5.26 Å². The summed E-state index contributed by atoms with van der Waals surface area (Å²) < 4.78 is 11.1. The van der Waals surface area contributed by atoms with Crippen LogP contribution in [0.1, 0.15) is 38.2 Å². The maximum absolute atomic E-state index is 8.49. The zero-order chi connectivity index (χ0) is 14.6. The average molecular weight is 276 g/mol. The monoisotopic (exact) mass is 276 g/mol. The highest BCUT2D eigenvalue weighted by molar-refractivity contribution is 5.40. The second-order valence-corrected chi connectivity index (χ2v) is 4.61. The van der Waals surface area contributed by atoms with Crippen LogP contribution in [-0.2, 0) is 6.54 Å². The molecule has 0 fully saturated rings. The molecule has 1 aromatic carbocycles. The molecule has 0 spiro atoms. The molecule has 0 atom stereocenters. The maximum atomic E-state index is 8.49. The summed E-state index contributed by atoms with van der Waals surface area (Å²) in [5.74, 6) is 1.74. The topological polar surface area (TPSA) is 54.3 Å². The van der Waals surface area contributed by atoms with Gasteiger partial charge in [-0.25, -0.2) is 0 Å². The molecule has 0 aromatic heterocycles. The van der Waals surface area contributed by atoms with E-state index in [1.54, 1.807) is 7.11 Å². The summed E-state index contributed by atoms with van der Waals surface area (Å²) in [6.07, 6.45) is 3.49. The third-order valence-corrected chi connectivity index (χ3v) is 2.95. The van der Waals surface area contributed by atoms with E-state index in [9.17, 15) is 0 Å². The molecule has 110 valence electrons. The molecule has 1 aromatic rings. The lowest BCUT2D eigenvalue weighted by atomic mass is 10.2. The molecule has 0 unspecified atom stereocenters. The first-order chi connectivity index (χ1) is 9.81. The Bertz CT molecular complexity index is 427. The molecule has 20 heavy (non-hydrogen) atoms. The Morgan fingerprint density at radius 1 is 1.30 bits per heavy atom. The molecule has 1 N–H and O–H groups in total. The fraction of sp³-hybridized carbons (Fsp3) is 0.562. The molecule has 0 heterocycles. The van der Waals surface area contributed by atoms with Crippen LogP contribution in [0.3, 0.4) is 0 Å². The Labute approximate surface area is 121 Å². The van der Waals surface area contributed by atoms with Crippen molar-refractivity contribution in [3.8, 4) is 17.6 Å². The van der Waals surface area contributed by atoms with E-state index < -0.39 is 0 Å². The minimum atomic E-state index is 0.594. The van der Waals surface area contributed by atoms with Crippen molar-refractivity contribution in [1.82, 2.24) is 5.32 Å². The van der Waals surface area contributed by atoms with Gasteiger partial charge in [0.25, 0.3) is 0 Å². The Balaban J connectivity index is 2.55. The lowest BCUT2D eigenvalue weighted by Crippen LogP contribution is -2.15. The Morgan fingerprint density at radius 3 is 2.85 bits per heavy atom. The summed E-state index contributed by atoms with van der Waals surface area (Å²) in [5.41, 5.74) is 1.11. The van der Waals surface area contributed by atoms with Crippen molar-refractivity contribution in [2.75, 3.05) is 20.3 Å². The lowest BCUT2D eigenvalue weighted by molar-refractivity contribution is 0.303. The van der Waals surface area contributed by atoms with Gasteiger partial charge in [0.15, 0.2) is 0 Å². The molecular weight excluding hydrogens is 252 g/mol. The molecule has 4 nitrogen and oxygen atoms in total. The van der Waals surface area contributed by atoms with Gasteiger partial charge in [0.2, 0.25) is 0 Å². The van der Waals surface area contributed by atoms with Crippen LogP contribution >= 0.6 is 0 Å². The van der Waals surface area contributed by atoms with E-state index in [1.807, 2.05) is 18.2 Å². The molecule has 0 saturated heterocycles. The van der Waals surface area contributed by atoms with Crippen LogP contribution in [0.25, 0.3) is 0 Å². The van der Waals surface area contributed by atoms with Gasteiger partial charge in [-0.3, -0.25) is 0 Å². The molecule has 0 saturated carbocycles. The zero-order valence-corrected chi connectivity index (χ0v) is 12.4. The second kappa shape index (κ2) is 10.1. The number of unbranched alkanes of at least 4 members (excludes halogenated alkanes) is 2. The molecule has 1 rings (SSSR count). The van der Waals surface area contributed by atoms with Crippen molar-refractivity contribution >= 4 is 0 Å². The smallest absolute Gasteiger partial charge is 0.124 e. The van der Waals surface area contributed by atoms with Crippen molar-refractivity contribution in [2.24, 2.45) is 0 Å². The number of methoxy groups -OCH3 is 1. The predicted molar refractivity (Wildman–Crippen MR) is 80.0 cm³/mol. The summed E-state index contributed by atoms with van der Waals surface area (Å²) in [4.78, 5) is 0. The predicted octanol–water partition coefficient (Wildman–Crippen LogP) is 3.27. The number of hydrogen-bond acceptors (Lipinski definition) is 4. The number of rotatable bonds is 10. The fourth-order valence-electron chi connectivity index (χ4n) is 1.85. The first-order valence-corrected chi connectivity index (χ1v) is 7.19. The number of nitriles is 1. The van der Waals surface area contributed by atoms with E-state index in [1.165, 1.54) is 0 Å². The molecule has 0 amide bonds. The van der Waals surface area contributed by atoms with Gasteiger partial charge in [0.05, 0.1) is 19.8 Å². The third-order valence-electron chi connectivity index (χ3n) is 2.95. The standard InChI is InChI=1S/C16H24N2O2/c1-3-10-18-13-14-12-15(19-2)7-8-16(14)20-11-6-4-5-9-17/h7-8,12,18H,3-6,10-11,13H2,1-2H3. The van der Waals surface area contributed by atoms with E-state index >= 15 is 0 Å². The number of nitrogens with one attached hydrogen (secondary N) is 1. The summed E-state index contributed by atoms with van der Waals surface area (Å²) in [7, 11) is 1.67. The number of benzene rings is 1. The Hall–Kier alpha value is -1.73. The minimum absolute atomic E-state index is 0.594. The van der Waals surface area contributed by atoms with Crippen molar-refractivity contribution in [2.45, 2.75) is 39.2 Å². The summed E-state index contributed by atoms with van der Waals surface area (Å²) in [6.45, 7) is 4.55. The SMILES string of the molecule is CCCNCc1cc(OC)ccc1OCCCCC#N. The van der Waals surface area contributed by atoms with Gasteiger partial charge in [0, 0.05) is 18.5 Å². The zero-order valence-electron chi connectivity index (χ0n) is 12.4. The quantitative estimate of drug-likeness (QED) is 0.666. The van der Waals surface area contributed by atoms with E-state index in [2.05, 4.69) is 18.3 Å².